The zero-order valence-electron chi connectivity index (χ0n) is 7.01. The molecule has 1 rings (SSSR count). The highest BCUT2D eigenvalue weighted by molar-refractivity contribution is 9.10. The van der Waals surface area contributed by atoms with Gasteiger partial charge in [-0.15, -0.1) is 0 Å². The molecule has 0 aliphatic carbocycles. The summed E-state index contributed by atoms with van der Waals surface area (Å²) in [5, 5.41) is 0. The summed E-state index contributed by atoms with van der Waals surface area (Å²) in [6.07, 6.45) is -2.49. The van der Waals surface area contributed by atoms with E-state index in [0.717, 1.165) is 10.0 Å². The Hall–Kier alpha value is -0.440. The van der Waals surface area contributed by atoms with E-state index in [1.54, 1.807) is 0 Å². The van der Waals surface area contributed by atoms with Crippen molar-refractivity contribution >= 4 is 15.9 Å². The van der Waals surface area contributed by atoms with Gasteiger partial charge in [-0.25, -0.2) is 8.78 Å². The molecule has 0 spiro atoms. The van der Waals surface area contributed by atoms with Crippen molar-refractivity contribution in [3.63, 3.8) is 0 Å². The molecule has 0 fully saturated rings. The Kier molecular flexibility index (Phi) is 3.85. The van der Waals surface area contributed by atoms with Crippen LogP contribution in [0.15, 0.2) is 28.7 Å². The van der Waals surface area contributed by atoms with Crippen LogP contribution < -0.4 is 0 Å². The Balaban J connectivity index is 2.76. The van der Waals surface area contributed by atoms with Crippen LogP contribution in [0.3, 0.4) is 0 Å². The summed E-state index contributed by atoms with van der Waals surface area (Å²) < 4.78 is 24.9. The molecule has 0 heterocycles. The van der Waals surface area contributed by atoms with Crippen molar-refractivity contribution in [2.24, 2.45) is 0 Å². The van der Waals surface area contributed by atoms with Gasteiger partial charge >= 0.3 is 0 Å². The summed E-state index contributed by atoms with van der Waals surface area (Å²) in [5.74, 6) is -0.351. The number of hydrogen-bond donors (Lipinski definition) is 0. The monoisotopic (exact) mass is 247 g/mol. The maximum absolute atomic E-state index is 12.0. The Morgan fingerprint density at radius 1 is 1.31 bits per heavy atom. The van der Waals surface area contributed by atoms with Gasteiger partial charge in [0.1, 0.15) is 0 Å². The number of alkyl halides is 2. The number of rotatable bonds is 3. The molecule has 13 heavy (non-hydrogen) atoms. The fourth-order valence-corrected chi connectivity index (χ4v) is 1.76. The summed E-state index contributed by atoms with van der Waals surface area (Å²) in [5.41, 5.74) is 0.836. The van der Waals surface area contributed by atoms with Crippen molar-refractivity contribution in [2.75, 3.05) is 0 Å². The van der Waals surface area contributed by atoms with E-state index in [0.29, 0.717) is 0 Å². The molecule has 3 heteroatoms. The highest BCUT2D eigenvalue weighted by Crippen LogP contribution is 2.28. The first-order valence-electron chi connectivity index (χ1n) is 3.97. The molecular weight excluding hydrogens is 238 g/mol. The van der Waals surface area contributed by atoms with Gasteiger partial charge in [0, 0.05) is 10.9 Å². The SMILES string of the molecule is [CH2]C(CC(F)F)c1ccccc1Br. The van der Waals surface area contributed by atoms with Crippen LogP contribution in [0.1, 0.15) is 17.9 Å². The minimum absolute atomic E-state index is 0.192. The number of halogens is 3. The predicted octanol–water partition coefficient (Wildman–Crippen LogP) is 4.02. The van der Waals surface area contributed by atoms with Gasteiger partial charge in [-0.05, 0) is 24.5 Å². The summed E-state index contributed by atoms with van der Waals surface area (Å²) in [6.45, 7) is 3.70. The molecule has 1 aromatic carbocycles. The molecule has 1 aromatic rings. The second kappa shape index (κ2) is 4.70. The highest BCUT2D eigenvalue weighted by atomic mass is 79.9. The molecule has 0 saturated carbocycles. The van der Waals surface area contributed by atoms with E-state index >= 15 is 0 Å². The molecule has 1 radical (unpaired) electrons. The fourth-order valence-electron chi connectivity index (χ4n) is 1.15. The van der Waals surface area contributed by atoms with Crippen LogP contribution in [0.25, 0.3) is 0 Å². The maximum atomic E-state index is 12.0. The van der Waals surface area contributed by atoms with Gasteiger partial charge in [0.05, 0.1) is 0 Å². The second-order valence-corrected chi connectivity index (χ2v) is 3.70. The zero-order chi connectivity index (χ0) is 9.84. The largest absolute Gasteiger partial charge is 0.239 e. The first-order chi connectivity index (χ1) is 6.11. The molecule has 0 aromatic heterocycles. The van der Waals surface area contributed by atoms with Gasteiger partial charge in [-0.3, -0.25) is 0 Å². The van der Waals surface area contributed by atoms with Crippen molar-refractivity contribution in [2.45, 2.75) is 18.8 Å². The predicted molar refractivity (Wildman–Crippen MR) is 52.9 cm³/mol. The lowest BCUT2D eigenvalue weighted by Gasteiger charge is -2.12. The second-order valence-electron chi connectivity index (χ2n) is 2.85. The smallest absolute Gasteiger partial charge is 0.211 e. The molecule has 0 bridgehead atoms. The molecule has 0 amide bonds. The van der Waals surface area contributed by atoms with Crippen LogP contribution in [-0.2, 0) is 0 Å². The van der Waals surface area contributed by atoms with Crippen LogP contribution in [0, 0.1) is 6.92 Å². The zero-order valence-corrected chi connectivity index (χ0v) is 8.60. The Bertz CT molecular complexity index is 273. The van der Waals surface area contributed by atoms with E-state index in [-0.39, 0.29) is 12.3 Å². The summed E-state index contributed by atoms with van der Waals surface area (Å²) in [4.78, 5) is 0. The summed E-state index contributed by atoms with van der Waals surface area (Å²) in [7, 11) is 0. The van der Waals surface area contributed by atoms with Crippen LogP contribution in [-0.4, -0.2) is 6.43 Å². The Labute approximate surface area is 85.1 Å². The molecule has 1 atom stereocenters. The first-order valence-corrected chi connectivity index (χ1v) is 4.76. The van der Waals surface area contributed by atoms with E-state index in [1.165, 1.54) is 0 Å². The van der Waals surface area contributed by atoms with Gasteiger partial charge in [-0.2, -0.15) is 0 Å². The van der Waals surface area contributed by atoms with E-state index in [4.69, 9.17) is 0 Å². The normalized spacial score (nSPS) is 13.3. The quantitative estimate of drug-likeness (QED) is 0.757. The summed E-state index contributed by atoms with van der Waals surface area (Å²) >= 11 is 3.30. The van der Waals surface area contributed by atoms with Gasteiger partial charge in [0.2, 0.25) is 6.43 Å². The molecule has 1 unspecified atom stereocenters. The van der Waals surface area contributed by atoms with Crippen molar-refractivity contribution in [1.82, 2.24) is 0 Å². The molecule has 71 valence electrons. The van der Waals surface area contributed by atoms with E-state index in [2.05, 4.69) is 22.9 Å². The van der Waals surface area contributed by atoms with E-state index in [9.17, 15) is 8.78 Å². The third kappa shape index (κ3) is 3.07. The third-order valence-electron chi connectivity index (χ3n) is 1.81. The van der Waals surface area contributed by atoms with Crippen LogP contribution in [0.4, 0.5) is 8.78 Å². The minimum atomic E-state index is -2.30. The average Bonchev–Trinajstić information content (AvgIpc) is 2.03. The third-order valence-corrected chi connectivity index (χ3v) is 2.53. The average molecular weight is 248 g/mol. The molecule has 0 aliphatic rings. The van der Waals surface area contributed by atoms with Crippen molar-refractivity contribution in [3.05, 3.63) is 41.2 Å². The fraction of sp³-hybridized carbons (Fsp3) is 0.300. The van der Waals surface area contributed by atoms with Crippen molar-refractivity contribution < 1.29 is 8.78 Å². The van der Waals surface area contributed by atoms with Gasteiger partial charge < -0.3 is 0 Å². The van der Waals surface area contributed by atoms with Crippen molar-refractivity contribution in [3.8, 4) is 0 Å². The Morgan fingerprint density at radius 3 is 2.46 bits per heavy atom. The standard InChI is InChI=1S/C10H10BrF2/c1-7(6-10(12)13)8-4-2-3-5-9(8)11/h2-5,7,10H,1,6H2. The minimum Gasteiger partial charge on any atom is -0.211 e. The number of hydrogen-bond acceptors (Lipinski definition) is 0. The first kappa shape index (κ1) is 10.6. The summed E-state index contributed by atoms with van der Waals surface area (Å²) in [6, 6.07) is 7.32. The van der Waals surface area contributed by atoms with Crippen LogP contribution in [0.5, 0.6) is 0 Å². The molecular formula is C10H10BrF2. The lowest BCUT2D eigenvalue weighted by molar-refractivity contribution is 0.133. The van der Waals surface area contributed by atoms with E-state index in [1.807, 2.05) is 24.3 Å². The Morgan fingerprint density at radius 2 is 1.92 bits per heavy atom. The van der Waals surface area contributed by atoms with E-state index < -0.39 is 6.43 Å². The lowest BCUT2D eigenvalue weighted by atomic mass is 9.98. The molecule has 0 aliphatic heterocycles. The molecule has 0 nitrogen and oxygen atoms in total. The van der Waals surface area contributed by atoms with Gasteiger partial charge in [0.15, 0.2) is 0 Å². The van der Waals surface area contributed by atoms with Crippen LogP contribution >= 0.6 is 15.9 Å². The number of benzene rings is 1. The molecule has 0 saturated heterocycles. The van der Waals surface area contributed by atoms with Crippen LogP contribution in [0.2, 0.25) is 0 Å². The van der Waals surface area contributed by atoms with Crippen molar-refractivity contribution in [1.29, 1.82) is 0 Å². The topological polar surface area (TPSA) is 0 Å². The van der Waals surface area contributed by atoms with Gasteiger partial charge in [0.25, 0.3) is 0 Å². The highest BCUT2D eigenvalue weighted by Gasteiger charge is 2.14. The molecule has 0 N–H and O–H groups in total. The van der Waals surface area contributed by atoms with Gasteiger partial charge in [-0.1, -0.05) is 34.1 Å². The lowest BCUT2D eigenvalue weighted by Crippen LogP contribution is -2.01. The maximum Gasteiger partial charge on any atom is 0.239 e.